The van der Waals surface area contributed by atoms with Crippen LogP contribution in [0.2, 0.25) is 0 Å². The number of amides is 2. The molecule has 3 rings (SSSR count). The number of hydrogen-bond acceptors (Lipinski definition) is 3. The van der Waals surface area contributed by atoms with Crippen molar-refractivity contribution >= 4 is 29.2 Å². The van der Waals surface area contributed by atoms with E-state index in [1.54, 1.807) is 30.3 Å². The number of thiophene rings is 1. The van der Waals surface area contributed by atoms with Crippen molar-refractivity contribution in [1.29, 1.82) is 0 Å². The van der Waals surface area contributed by atoms with Gasteiger partial charge in [0.05, 0.1) is 4.88 Å². The maximum Gasteiger partial charge on any atom is 0.279 e. The normalized spacial score (nSPS) is 10.7. The van der Waals surface area contributed by atoms with Gasteiger partial charge in [-0.15, -0.1) is 11.3 Å². The third-order valence-corrected chi connectivity index (χ3v) is 4.62. The van der Waals surface area contributed by atoms with Crippen LogP contribution in [-0.4, -0.2) is 11.8 Å². The number of carbonyl (C=O) groups is 2. The summed E-state index contributed by atoms with van der Waals surface area (Å²) in [6.07, 6.45) is 2.99. The van der Waals surface area contributed by atoms with Crippen LogP contribution in [0.3, 0.4) is 0 Å². The molecule has 2 amide bonds. The molecule has 0 bridgehead atoms. The fourth-order valence-corrected chi connectivity index (χ4v) is 3.09. The summed E-state index contributed by atoms with van der Waals surface area (Å²) in [5, 5.41) is 0. The van der Waals surface area contributed by atoms with E-state index in [0.717, 1.165) is 16.0 Å². The summed E-state index contributed by atoms with van der Waals surface area (Å²) in [5.41, 5.74) is 6.42. The van der Waals surface area contributed by atoms with Crippen molar-refractivity contribution in [2.75, 3.05) is 0 Å². The average Bonchev–Trinajstić information content (AvgIpc) is 3.16. The zero-order chi connectivity index (χ0) is 18.4. The molecule has 0 aliphatic carbocycles. The van der Waals surface area contributed by atoms with Crippen molar-refractivity contribution in [3.63, 3.8) is 0 Å². The number of benzene rings is 2. The Kier molecular flexibility index (Phi) is 5.56. The van der Waals surface area contributed by atoms with Crippen molar-refractivity contribution in [3.8, 4) is 10.4 Å². The van der Waals surface area contributed by atoms with Gasteiger partial charge in [-0.3, -0.25) is 20.4 Å². The van der Waals surface area contributed by atoms with Gasteiger partial charge in [-0.05, 0) is 41.5 Å². The van der Waals surface area contributed by atoms with E-state index in [1.165, 1.54) is 29.5 Å². The van der Waals surface area contributed by atoms with Crippen LogP contribution in [0, 0.1) is 5.82 Å². The maximum atomic E-state index is 13.0. The zero-order valence-corrected chi connectivity index (χ0v) is 14.4. The first-order valence-electron chi connectivity index (χ1n) is 7.81. The Morgan fingerprint density at radius 1 is 0.885 bits per heavy atom. The minimum Gasteiger partial charge on any atom is -0.268 e. The molecule has 0 fully saturated rings. The van der Waals surface area contributed by atoms with Crippen molar-refractivity contribution in [2.45, 2.75) is 0 Å². The Morgan fingerprint density at radius 2 is 1.62 bits per heavy atom. The van der Waals surface area contributed by atoms with E-state index in [2.05, 4.69) is 10.9 Å². The molecule has 3 aromatic rings. The van der Waals surface area contributed by atoms with Gasteiger partial charge in [0.2, 0.25) is 0 Å². The summed E-state index contributed by atoms with van der Waals surface area (Å²) in [6, 6.07) is 18.8. The van der Waals surface area contributed by atoms with Gasteiger partial charge in [-0.1, -0.05) is 42.5 Å². The summed E-state index contributed by atoms with van der Waals surface area (Å²) in [7, 11) is 0. The fraction of sp³-hybridized carbons (Fsp3) is 0. The minimum atomic E-state index is -0.433. The minimum absolute atomic E-state index is 0.311. The van der Waals surface area contributed by atoms with Crippen molar-refractivity contribution < 1.29 is 14.0 Å². The second-order valence-electron chi connectivity index (χ2n) is 5.36. The first-order valence-corrected chi connectivity index (χ1v) is 8.63. The Morgan fingerprint density at radius 3 is 2.35 bits per heavy atom. The summed E-state index contributed by atoms with van der Waals surface area (Å²) in [6.45, 7) is 0. The van der Waals surface area contributed by atoms with Crippen LogP contribution in [-0.2, 0) is 4.79 Å². The van der Waals surface area contributed by atoms with Crippen LogP contribution in [0.5, 0.6) is 0 Å². The highest BCUT2D eigenvalue weighted by molar-refractivity contribution is 7.17. The lowest BCUT2D eigenvalue weighted by molar-refractivity contribution is -0.117. The number of carbonyl (C=O) groups excluding carboxylic acids is 2. The van der Waals surface area contributed by atoms with E-state index in [1.807, 2.05) is 30.3 Å². The highest BCUT2D eigenvalue weighted by atomic mass is 32.1. The number of nitrogens with one attached hydrogen (secondary N) is 2. The maximum absolute atomic E-state index is 13.0. The molecule has 1 heterocycles. The smallest absolute Gasteiger partial charge is 0.268 e. The first-order chi connectivity index (χ1) is 12.6. The van der Waals surface area contributed by atoms with Crippen LogP contribution < -0.4 is 10.9 Å². The second-order valence-corrected chi connectivity index (χ2v) is 6.44. The predicted octanol–water partition coefficient (Wildman–Crippen LogP) is 4.03. The molecule has 0 aliphatic rings. The molecule has 0 aliphatic heterocycles. The van der Waals surface area contributed by atoms with Gasteiger partial charge in [0.25, 0.3) is 11.8 Å². The standard InChI is InChI=1S/C20H15FN2O2S/c21-16-9-7-15(8-10-16)17-11-12-18(26-17)20(25)23-22-19(24)13-6-14-4-2-1-3-5-14/h1-13H,(H,22,24)(H,23,25)/b13-6+. The van der Waals surface area contributed by atoms with E-state index in [-0.39, 0.29) is 5.82 Å². The fourth-order valence-electron chi connectivity index (χ4n) is 2.19. The van der Waals surface area contributed by atoms with Crippen molar-refractivity contribution in [3.05, 3.63) is 89.1 Å². The highest BCUT2D eigenvalue weighted by Crippen LogP contribution is 2.28. The van der Waals surface area contributed by atoms with Gasteiger partial charge < -0.3 is 0 Å². The molecule has 0 atom stereocenters. The quantitative estimate of drug-likeness (QED) is 0.541. The van der Waals surface area contributed by atoms with Crippen molar-refractivity contribution in [1.82, 2.24) is 10.9 Å². The summed E-state index contributed by atoms with van der Waals surface area (Å²) in [4.78, 5) is 25.2. The second kappa shape index (κ2) is 8.22. The van der Waals surface area contributed by atoms with E-state index in [4.69, 9.17) is 0 Å². The molecular weight excluding hydrogens is 351 g/mol. The molecule has 0 unspecified atom stereocenters. The van der Waals surface area contributed by atoms with Crippen molar-refractivity contribution in [2.24, 2.45) is 0 Å². The van der Waals surface area contributed by atoms with E-state index in [0.29, 0.717) is 4.88 Å². The molecule has 2 aromatic carbocycles. The van der Waals surface area contributed by atoms with Gasteiger partial charge >= 0.3 is 0 Å². The molecule has 2 N–H and O–H groups in total. The van der Waals surface area contributed by atoms with Gasteiger partial charge in [0.1, 0.15) is 5.82 Å². The summed E-state index contributed by atoms with van der Waals surface area (Å²) < 4.78 is 13.0. The Hall–Kier alpha value is -3.25. The molecule has 26 heavy (non-hydrogen) atoms. The molecule has 4 nitrogen and oxygen atoms in total. The molecule has 0 saturated carbocycles. The topological polar surface area (TPSA) is 58.2 Å². The molecule has 6 heteroatoms. The van der Waals surface area contributed by atoms with E-state index < -0.39 is 11.8 Å². The third kappa shape index (κ3) is 4.64. The van der Waals surface area contributed by atoms with Crippen LogP contribution in [0.15, 0.2) is 72.8 Å². The Bertz CT molecular complexity index is 934. The molecule has 1 aromatic heterocycles. The molecule has 130 valence electrons. The first kappa shape index (κ1) is 17.6. The summed E-state index contributed by atoms with van der Waals surface area (Å²) >= 11 is 1.26. The van der Waals surface area contributed by atoms with Crippen LogP contribution in [0.25, 0.3) is 16.5 Å². The van der Waals surface area contributed by atoms with Gasteiger partial charge in [0.15, 0.2) is 0 Å². The molecule has 0 saturated heterocycles. The van der Waals surface area contributed by atoms with Crippen LogP contribution in [0.4, 0.5) is 4.39 Å². The lowest BCUT2D eigenvalue weighted by Gasteiger charge is -2.03. The van der Waals surface area contributed by atoms with E-state index in [9.17, 15) is 14.0 Å². The summed E-state index contributed by atoms with van der Waals surface area (Å²) in [5.74, 6) is -1.16. The average molecular weight is 366 g/mol. The number of halogens is 1. The Balaban J connectivity index is 1.56. The van der Waals surface area contributed by atoms with Gasteiger partial charge in [0, 0.05) is 11.0 Å². The lowest BCUT2D eigenvalue weighted by atomic mass is 10.2. The number of rotatable bonds is 4. The third-order valence-electron chi connectivity index (χ3n) is 3.48. The largest absolute Gasteiger partial charge is 0.279 e. The number of hydrazine groups is 1. The van der Waals surface area contributed by atoms with E-state index >= 15 is 0 Å². The predicted molar refractivity (Wildman–Crippen MR) is 101 cm³/mol. The van der Waals surface area contributed by atoms with Crippen LogP contribution >= 0.6 is 11.3 Å². The molecule has 0 spiro atoms. The lowest BCUT2D eigenvalue weighted by Crippen LogP contribution is -2.40. The molecule has 0 radical (unpaired) electrons. The Labute approximate surface area is 154 Å². The zero-order valence-electron chi connectivity index (χ0n) is 13.6. The van der Waals surface area contributed by atoms with Gasteiger partial charge in [-0.2, -0.15) is 0 Å². The van der Waals surface area contributed by atoms with Gasteiger partial charge in [-0.25, -0.2) is 4.39 Å². The number of hydrogen-bond donors (Lipinski definition) is 2. The monoisotopic (exact) mass is 366 g/mol. The van der Waals surface area contributed by atoms with Crippen LogP contribution in [0.1, 0.15) is 15.2 Å². The SMILES string of the molecule is O=C(/C=C/c1ccccc1)NNC(=O)c1ccc(-c2ccc(F)cc2)s1. The highest BCUT2D eigenvalue weighted by Gasteiger charge is 2.10. The molecular formula is C20H15FN2O2S.